The lowest BCUT2D eigenvalue weighted by atomic mass is 9.81. The van der Waals surface area contributed by atoms with Gasteiger partial charge in [-0.05, 0) is 12.8 Å². The maximum atomic E-state index is 12.2. The van der Waals surface area contributed by atoms with Gasteiger partial charge in [-0.1, -0.05) is 6.92 Å². The molecule has 1 aliphatic heterocycles. The van der Waals surface area contributed by atoms with Gasteiger partial charge in [0, 0.05) is 37.3 Å². The number of carbonyl (C=O) groups is 1. The molecule has 1 aromatic heterocycles. The Labute approximate surface area is 116 Å². The summed E-state index contributed by atoms with van der Waals surface area (Å²) in [4.78, 5) is 16.4. The molecule has 0 saturated carbocycles. The summed E-state index contributed by atoms with van der Waals surface area (Å²) in [5, 5.41) is 15.1. The molecule has 1 amide bonds. The van der Waals surface area contributed by atoms with Gasteiger partial charge in [-0.15, -0.1) is 11.3 Å². The predicted molar refractivity (Wildman–Crippen MR) is 71.6 cm³/mol. The van der Waals surface area contributed by atoms with Crippen LogP contribution in [0.3, 0.4) is 0 Å². The fourth-order valence-electron chi connectivity index (χ4n) is 2.09. The molecule has 0 bridgehead atoms. The lowest BCUT2D eigenvalue weighted by Gasteiger charge is -2.29. The zero-order valence-corrected chi connectivity index (χ0v) is 11.7. The molecule has 1 aromatic rings. The molecule has 2 rings (SSSR count). The largest absolute Gasteiger partial charge is 0.381 e. The smallest absolute Gasteiger partial charge is 0.240 e. The average Bonchev–Trinajstić information content (AvgIpc) is 2.99. The molecule has 1 fully saturated rings. The lowest BCUT2D eigenvalue weighted by molar-refractivity contribution is -0.132. The Morgan fingerprint density at radius 2 is 2.42 bits per heavy atom. The quantitative estimate of drug-likeness (QED) is 0.910. The molecule has 1 N–H and O–H groups in total. The van der Waals surface area contributed by atoms with E-state index in [9.17, 15) is 10.1 Å². The Kier molecular flexibility index (Phi) is 4.51. The normalized spacial score (nSPS) is 19.4. The Bertz CT molecular complexity index is 461. The Morgan fingerprint density at radius 3 is 3.00 bits per heavy atom. The fourth-order valence-corrected chi connectivity index (χ4v) is 2.79. The highest BCUT2D eigenvalue weighted by molar-refractivity contribution is 7.09. The molecule has 1 atom stereocenters. The highest BCUT2D eigenvalue weighted by Crippen LogP contribution is 2.30. The van der Waals surface area contributed by atoms with Gasteiger partial charge in [-0.25, -0.2) is 4.98 Å². The van der Waals surface area contributed by atoms with Crippen molar-refractivity contribution in [2.24, 2.45) is 5.41 Å². The van der Waals surface area contributed by atoms with Crippen molar-refractivity contribution in [3.63, 3.8) is 0 Å². The van der Waals surface area contributed by atoms with Crippen LogP contribution in [0.25, 0.3) is 0 Å². The van der Waals surface area contributed by atoms with Crippen LogP contribution in [0.2, 0.25) is 0 Å². The molecule has 19 heavy (non-hydrogen) atoms. The van der Waals surface area contributed by atoms with E-state index in [4.69, 9.17) is 4.74 Å². The van der Waals surface area contributed by atoms with Crippen LogP contribution in [0.5, 0.6) is 0 Å². The summed E-state index contributed by atoms with van der Waals surface area (Å²) in [7, 11) is 0. The van der Waals surface area contributed by atoms with Crippen LogP contribution in [0.1, 0.15) is 30.7 Å². The summed E-state index contributed by atoms with van der Waals surface area (Å²) in [5.74, 6) is -0.0127. The van der Waals surface area contributed by atoms with E-state index in [1.54, 1.807) is 17.5 Å². The first-order valence-electron chi connectivity index (χ1n) is 6.34. The van der Waals surface area contributed by atoms with Crippen molar-refractivity contribution in [3.8, 4) is 6.07 Å². The number of aromatic nitrogens is 1. The summed E-state index contributed by atoms with van der Waals surface area (Å²) in [5.41, 5.74) is -0.916. The molecule has 1 unspecified atom stereocenters. The molecule has 2 heterocycles. The highest BCUT2D eigenvalue weighted by atomic mass is 32.1. The van der Waals surface area contributed by atoms with Gasteiger partial charge in [-0.3, -0.25) is 4.79 Å². The molecule has 1 saturated heterocycles. The van der Waals surface area contributed by atoms with Crippen LogP contribution in [0.15, 0.2) is 11.6 Å². The van der Waals surface area contributed by atoms with Gasteiger partial charge in [0.2, 0.25) is 5.91 Å². The minimum atomic E-state index is -0.916. The molecule has 102 valence electrons. The van der Waals surface area contributed by atoms with E-state index < -0.39 is 5.41 Å². The van der Waals surface area contributed by atoms with E-state index in [0.29, 0.717) is 32.6 Å². The van der Waals surface area contributed by atoms with Crippen LogP contribution in [-0.2, 0) is 9.53 Å². The van der Waals surface area contributed by atoms with Gasteiger partial charge < -0.3 is 10.1 Å². The van der Waals surface area contributed by atoms with Crippen LogP contribution in [0, 0.1) is 16.7 Å². The van der Waals surface area contributed by atoms with Crippen molar-refractivity contribution >= 4 is 17.2 Å². The zero-order valence-electron chi connectivity index (χ0n) is 10.9. The topological polar surface area (TPSA) is 75.0 Å². The second-order valence-corrected chi connectivity index (χ2v) is 5.71. The van der Waals surface area contributed by atoms with Crippen molar-refractivity contribution in [2.45, 2.75) is 25.7 Å². The first-order valence-corrected chi connectivity index (χ1v) is 7.22. The highest BCUT2D eigenvalue weighted by Gasteiger charge is 2.40. The van der Waals surface area contributed by atoms with Crippen LogP contribution in [-0.4, -0.2) is 30.6 Å². The molecule has 0 aromatic carbocycles. The molecule has 6 heteroatoms. The summed E-state index contributed by atoms with van der Waals surface area (Å²) < 4.78 is 5.22. The van der Waals surface area contributed by atoms with Crippen molar-refractivity contribution in [1.82, 2.24) is 10.3 Å². The van der Waals surface area contributed by atoms with E-state index in [-0.39, 0.29) is 11.8 Å². The second kappa shape index (κ2) is 6.13. The standard InChI is InChI=1S/C13H17N3O2S/c1-10(11-15-4-7-19-11)8-16-12(17)13(9-14)2-5-18-6-3-13/h4,7,10H,2-3,5-6,8H2,1H3,(H,16,17). The molecule has 5 nitrogen and oxygen atoms in total. The SMILES string of the molecule is CC(CNC(=O)C1(C#N)CCOCC1)c1nccs1. The van der Waals surface area contributed by atoms with Crippen molar-refractivity contribution in [3.05, 3.63) is 16.6 Å². The molecule has 0 spiro atoms. The van der Waals surface area contributed by atoms with Crippen LogP contribution >= 0.6 is 11.3 Å². The first-order chi connectivity index (χ1) is 9.18. The maximum absolute atomic E-state index is 12.2. The van der Waals surface area contributed by atoms with Gasteiger partial charge in [0.1, 0.15) is 5.41 Å². The maximum Gasteiger partial charge on any atom is 0.240 e. The van der Waals surface area contributed by atoms with Crippen LogP contribution in [0.4, 0.5) is 0 Å². The van der Waals surface area contributed by atoms with Gasteiger partial charge >= 0.3 is 0 Å². The van der Waals surface area contributed by atoms with Gasteiger partial charge in [0.15, 0.2) is 0 Å². The first kappa shape index (κ1) is 14.0. The molecule has 1 aliphatic rings. The Balaban J connectivity index is 1.91. The number of hydrogen-bond donors (Lipinski definition) is 1. The van der Waals surface area contributed by atoms with E-state index in [0.717, 1.165) is 5.01 Å². The third kappa shape index (κ3) is 3.11. The number of nitrogens with zero attached hydrogens (tertiary/aromatic N) is 2. The predicted octanol–water partition coefficient (Wildman–Crippen LogP) is 1.68. The fraction of sp³-hybridized carbons (Fsp3) is 0.615. The molecular formula is C13H17N3O2S. The van der Waals surface area contributed by atoms with E-state index in [1.165, 1.54) is 0 Å². The summed E-state index contributed by atoms with van der Waals surface area (Å²) in [6.45, 7) is 3.48. The van der Waals surface area contributed by atoms with E-state index in [2.05, 4.69) is 16.4 Å². The van der Waals surface area contributed by atoms with Crippen molar-refractivity contribution < 1.29 is 9.53 Å². The van der Waals surface area contributed by atoms with Crippen LogP contribution < -0.4 is 5.32 Å². The Hall–Kier alpha value is -1.45. The summed E-state index contributed by atoms with van der Waals surface area (Å²) in [6, 6.07) is 2.17. The van der Waals surface area contributed by atoms with Crippen molar-refractivity contribution in [1.29, 1.82) is 5.26 Å². The minimum absolute atomic E-state index is 0.166. The molecule has 0 aliphatic carbocycles. The number of nitriles is 1. The number of ether oxygens (including phenoxy) is 1. The lowest BCUT2D eigenvalue weighted by Crippen LogP contribution is -2.44. The molecule has 0 radical (unpaired) electrons. The average molecular weight is 279 g/mol. The summed E-state index contributed by atoms with van der Waals surface area (Å²) in [6.07, 6.45) is 2.70. The third-order valence-corrected chi connectivity index (χ3v) is 4.44. The number of rotatable bonds is 4. The zero-order chi connectivity index (χ0) is 13.7. The molecular weight excluding hydrogens is 262 g/mol. The monoisotopic (exact) mass is 279 g/mol. The number of carbonyl (C=O) groups excluding carboxylic acids is 1. The van der Waals surface area contributed by atoms with Crippen molar-refractivity contribution in [2.75, 3.05) is 19.8 Å². The second-order valence-electron chi connectivity index (χ2n) is 4.79. The van der Waals surface area contributed by atoms with Gasteiger partial charge in [-0.2, -0.15) is 5.26 Å². The summed E-state index contributed by atoms with van der Waals surface area (Å²) >= 11 is 1.58. The van der Waals surface area contributed by atoms with E-state index in [1.807, 2.05) is 12.3 Å². The number of nitrogens with one attached hydrogen (secondary N) is 1. The third-order valence-electron chi connectivity index (χ3n) is 3.44. The van der Waals surface area contributed by atoms with Gasteiger partial charge in [0.25, 0.3) is 0 Å². The van der Waals surface area contributed by atoms with E-state index >= 15 is 0 Å². The number of hydrogen-bond acceptors (Lipinski definition) is 5. The van der Waals surface area contributed by atoms with Gasteiger partial charge in [0.05, 0.1) is 11.1 Å². The minimum Gasteiger partial charge on any atom is -0.381 e. The number of thiazole rings is 1. The Morgan fingerprint density at radius 1 is 1.68 bits per heavy atom. The number of amides is 1.